The van der Waals surface area contributed by atoms with Crippen molar-refractivity contribution in [2.75, 3.05) is 13.1 Å². The van der Waals surface area contributed by atoms with Gasteiger partial charge in [0.15, 0.2) is 0 Å². The van der Waals surface area contributed by atoms with Crippen LogP contribution in [0.2, 0.25) is 0 Å². The standard InChI is InChI=1S/C14H22F3N3O2/c15-14(16,17)10-2-1-3-11(8-10)19-13(22)20-6-4-9(5-7-20)12(18)21/h9-11H,1-8H2,(H2,18,21)(H,19,22)/t10-,11-/m1/s1. The molecule has 3 N–H and O–H groups in total. The Bertz CT molecular complexity index is 420. The zero-order valence-corrected chi connectivity index (χ0v) is 12.4. The average molecular weight is 321 g/mol. The fourth-order valence-corrected chi connectivity index (χ4v) is 3.25. The highest BCUT2D eigenvalue weighted by Crippen LogP contribution is 2.37. The largest absolute Gasteiger partial charge is 0.391 e. The molecule has 5 nitrogen and oxygen atoms in total. The first kappa shape index (κ1) is 16.9. The van der Waals surface area contributed by atoms with Crippen LogP contribution in [0.4, 0.5) is 18.0 Å². The lowest BCUT2D eigenvalue weighted by molar-refractivity contribution is -0.183. The molecule has 0 aromatic heterocycles. The number of amides is 3. The summed E-state index contributed by atoms with van der Waals surface area (Å²) in [5, 5.41) is 2.71. The molecular formula is C14H22F3N3O2. The summed E-state index contributed by atoms with van der Waals surface area (Å²) in [6, 6.07) is -0.766. The fourth-order valence-electron chi connectivity index (χ4n) is 3.25. The maximum atomic E-state index is 12.8. The molecule has 0 aromatic rings. The van der Waals surface area contributed by atoms with Crippen molar-refractivity contribution in [1.29, 1.82) is 0 Å². The van der Waals surface area contributed by atoms with Gasteiger partial charge in [0.1, 0.15) is 0 Å². The second-order valence-corrected chi connectivity index (χ2v) is 6.22. The Morgan fingerprint density at radius 1 is 1.09 bits per heavy atom. The topological polar surface area (TPSA) is 75.4 Å². The molecule has 22 heavy (non-hydrogen) atoms. The smallest absolute Gasteiger partial charge is 0.369 e. The lowest BCUT2D eigenvalue weighted by Gasteiger charge is -2.35. The van der Waals surface area contributed by atoms with Gasteiger partial charge >= 0.3 is 12.2 Å². The first-order valence-corrected chi connectivity index (χ1v) is 7.69. The molecule has 0 radical (unpaired) electrons. The molecule has 3 amide bonds. The van der Waals surface area contributed by atoms with Crippen molar-refractivity contribution in [3.05, 3.63) is 0 Å². The molecule has 2 fully saturated rings. The number of alkyl halides is 3. The number of nitrogens with one attached hydrogen (secondary N) is 1. The molecule has 1 saturated carbocycles. The van der Waals surface area contributed by atoms with Crippen molar-refractivity contribution in [3.63, 3.8) is 0 Å². The average Bonchev–Trinajstić information content (AvgIpc) is 2.46. The summed E-state index contributed by atoms with van der Waals surface area (Å²) in [7, 11) is 0. The minimum absolute atomic E-state index is 0.0486. The Hall–Kier alpha value is -1.47. The third-order valence-corrected chi connectivity index (χ3v) is 4.65. The summed E-state index contributed by atoms with van der Waals surface area (Å²) in [6.07, 6.45) is -2.03. The zero-order valence-electron chi connectivity index (χ0n) is 12.4. The first-order chi connectivity index (χ1) is 10.3. The molecule has 0 unspecified atom stereocenters. The number of piperidine rings is 1. The Labute approximate surface area is 127 Å². The van der Waals surface area contributed by atoms with E-state index in [2.05, 4.69) is 5.32 Å². The van der Waals surface area contributed by atoms with Crippen molar-refractivity contribution in [3.8, 4) is 0 Å². The highest BCUT2D eigenvalue weighted by molar-refractivity contribution is 5.78. The number of primary amides is 1. The van der Waals surface area contributed by atoms with Crippen LogP contribution in [0.15, 0.2) is 0 Å². The summed E-state index contributed by atoms with van der Waals surface area (Å²) >= 11 is 0. The van der Waals surface area contributed by atoms with Gasteiger partial charge in [-0.2, -0.15) is 13.2 Å². The van der Waals surface area contributed by atoms with E-state index in [1.165, 1.54) is 0 Å². The number of nitrogens with two attached hydrogens (primary N) is 1. The molecule has 1 heterocycles. The van der Waals surface area contributed by atoms with Crippen molar-refractivity contribution in [1.82, 2.24) is 10.2 Å². The predicted molar refractivity (Wildman–Crippen MR) is 73.8 cm³/mol. The van der Waals surface area contributed by atoms with Crippen LogP contribution in [0.1, 0.15) is 38.5 Å². The van der Waals surface area contributed by atoms with Gasteiger partial charge in [-0.25, -0.2) is 4.79 Å². The van der Waals surface area contributed by atoms with E-state index in [0.717, 1.165) is 0 Å². The highest BCUT2D eigenvalue weighted by Gasteiger charge is 2.42. The Balaban J connectivity index is 1.81. The molecule has 1 saturated heterocycles. The van der Waals surface area contributed by atoms with Gasteiger partial charge in [0.25, 0.3) is 0 Å². The summed E-state index contributed by atoms with van der Waals surface area (Å²) in [5.74, 6) is -1.90. The minimum atomic E-state index is -4.19. The Kier molecular flexibility index (Phi) is 5.18. The molecule has 0 aromatic carbocycles. The number of hydrogen-bond donors (Lipinski definition) is 2. The van der Waals surface area contributed by atoms with E-state index in [9.17, 15) is 22.8 Å². The molecule has 2 rings (SSSR count). The number of urea groups is 1. The van der Waals surface area contributed by atoms with Crippen molar-refractivity contribution >= 4 is 11.9 Å². The van der Waals surface area contributed by atoms with Gasteiger partial charge in [0, 0.05) is 25.0 Å². The second kappa shape index (κ2) is 6.75. The van der Waals surface area contributed by atoms with E-state index < -0.39 is 18.1 Å². The SMILES string of the molecule is NC(=O)C1CCN(C(=O)N[C@@H]2CCC[C@@H](C(F)(F)F)C2)CC1. The molecule has 0 spiro atoms. The van der Waals surface area contributed by atoms with Crippen LogP contribution in [0, 0.1) is 11.8 Å². The van der Waals surface area contributed by atoms with Crippen LogP contribution in [0.3, 0.4) is 0 Å². The molecule has 8 heteroatoms. The van der Waals surface area contributed by atoms with E-state index in [1.54, 1.807) is 4.90 Å². The number of carbonyl (C=O) groups excluding carboxylic acids is 2. The zero-order chi connectivity index (χ0) is 16.3. The number of hydrogen-bond acceptors (Lipinski definition) is 2. The van der Waals surface area contributed by atoms with Crippen LogP contribution < -0.4 is 11.1 Å². The lowest BCUT2D eigenvalue weighted by Crippen LogP contribution is -2.50. The monoisotopic (exact) mass is 321 g/mol. The van der Waals surface area contributed by atoms with Gasteiger partial charge < -0.3 is 16.0 Å². The van der Waals surface area contributed by atoms with Gasteiger partial charge in [0.05, 0.1) is 5.92 Å². The quantitative estimate of drug-likeness (QED) is 0.816. The van der Waals surface area contributed by atoms with Crippen LogP contribution in [-0.4, -0.2) is 42.1 Å². The maximum Gasteiger partial charge on any atom is 0.391 e. The molecule has 1 aliphatic heterocycles. The molecule has 0 bridgehead atoms. The van der Waals surface area contributed by atoms with Crippen LogP contribution in [0.25, 0.3) is 0 Å². The predicted octanol–water partition coefficient (Wildman–Crippen LogP) is 2.01. The van der Waals surface area contributed by atoms with Gasteiger partial charge in [-0.3, -0.25) is 4.79 Å². The molecule has 126 valence electrons. The van der Waals surface area contributed by atoms with Crippen molar-refractivity contribution in [2.45, 2.75) is 50.7 Å². The fraction of sp³-hybridized carbons (Fsp3) is 0.857. The van der Waals surface area contributed by atoms with Crippen molar-refractivity contribution < 1.29 is 22.8 Å². The number of carbonyl (C=O) groups is 2. The van der Waals surface area contributed by atoms with Crippen LogP contribution in [-0.2, 0) is 4.79 Å². The van der Waals surface area contributed by atoms with E-state index in [4.69, 9.17) is 5.73 Å². The Morgan fingerprint density at radius 2 is 1.73 bits per heavy atom. The summed E-state index contributed by atoms with van der Waals surface area (Å²) in [4.78, 5) is 24.7. The molecule has 1 aliphatic carbocycles. The lowest BCUT2D eigenvalue weighted by atomic mass is 9.85. The van der Waals surface area contributed by atoms with Gasteiger partial charge in [0.2, 0.25) is 5.91 Å². The molecular weight excluding hydrogens is 299 g/mol. The number of halogens is 3. The van der Waals surface area contributed by atoms with Crippen LogP contribution >= 0.6 is 0 Å². The summed E-state index contributed by atoms with van der Waals surface area (Å²) in [6.45, 7) is 0.823. The van der Waals surface area contributed by atoms with E-state index in [1.807, 2.05) is 0 Å². The number of likely N-dealkylation sites (tertiary alicyclic amines) is 1. The first-order valence-electron chi connectivity index (χ1n) is 7.69. The van der Waals surface area contributed by atoms with Crippen LogP contribution in [0.5, 0.6) is 0 Å². The Morgan fingerprint density at radius 3 is 2.27 bits per heavy atom. The number of rotatable bonds is 2. The van der Waals surface area contributed by atoms with Gasteiger partial charge in [-0.05, 0) is 32.1 Å². The molecule has 2 aliphatic rings. The normalized spacial score (nSPS) is 27.5. The van der Waals surface area contributed by atoms with E-state index in [-0.39, 0.29) is 30.7 Å². The van der Waals surface area contributed by atoms with Gasteiger partial charge in [-0.15, -0.1) is 0 Å². The van der Waals surface area contributed by atoms with E-state index >= 15 is 0 Å². The third-order valence-electron chi connectivity index (χ3n) is 4.65. The number of nitrogens with zero attached hydrogens (tertiary/aromatic N) is 1. The van der Waals surface area contributed by atoms with E-state index in [0.29, 0.717) is 38.8 Å². The second-order valence-electron chi connectivity index (χ2n) is 6.22. The summed E-state index contributed by atoms with van der Waals surface area (Å²) < 4.78 is 38.3. The third kappa shape index (κ3) is 4.27. The summed E-state index contributed by atoms with van der Waals surface area (Å²) in [5.41, 5.74) is 5.23. The van der Waals surface area contributed by atoms with Gasteiger partial charge in [-0.1, -0.05) is 6.42 Å². The maximum absolute atomic E-state index is 12.8. The van der Waals surface area contributed by atoms with Crippen molar-refractivity contribution in [2.24, 2.45) is 17.6 Å². The minimum Gasteiger partial charge on any atom is -0.369 e. The highest BCUT2D eigenvalue weighted by atomic mass is 19.4. The molecule has 2 atom stereocenters.